The summed E-state index contributed by atoms with van der Waals surface area (Å²) in [7, 11) is 1.41. The van der Waals surface area contributed by atoms with Crippen molar-refractivity contribution in [2.45, 2.75) is 13.8 Å². The largest absolute Gasteiger partial charge is 0.490 e. The average Bonchev–Trinajstić information content (AvgIpc) is 2.37. The quantitative estimate of drug-likeness (QED) is 0.446. The molecule has 0 heterocycles. The normalized spacial score (nSPS) is 10.5. The average molecular weight is 268 g/mol. The van der Waals surface area contributed by atoms with Crippen LogP contribution in [0, 0.1) is 16.0 Å². The first-order valence-electron chi connectivity index (χ1n) is 6.18. The van der Waals surface area contributed by atoms with Gasteiger partial charge in [-0.1, -0.05) is 13.8 Å². The first-order valence-corrected chi connectivity index (χ1v) is 6.18. The van der Waals surface area contributed by atoms with Crippen LogP contribution in [0.5, 0.6) is 5.75 Å². The van der Waals surface area contributed by atoms with Crippen LogP contribution in [0.3, 0.4) is 0 Å². The molecule has 6 heteroatoms. The number of hydrogen-bond acceptors (Lipinski definition) is 5. The molecule has 0 aliphatic carbocycles. The molecule has 0 bridgehead atoms. The number of methoxy groups -OCH3 is 1. The monoisotopic (exact) mass is 268 g/mol. The molecule has 1 N–H and O–H groups in total. The van der Waals surface area contributed by atoms with Gasteiger partial charge in [0.1, 0.15) is 0 Å². The van der Waals surface area contributed by atoms with Crippen LogP contribution in [0.15, 0.2) is 18.2 Å². The molecule has 106 valence electrons. The minimum atomic E-state index is -0.464. The molecule has 0 aromatic heterocycles. The number of nitrogens with zero attached hydrogens (tertiary/aromatic N) is 1. The molecule has 0 saturated heterocycles. The van der Waals surface area contributed by atoms with Gasteiger partial charge in [-0.05, 0) is 12.0 Å². The Hall–Kier alpha value is -1.82. The third-order valence-electron chi connectivity index (χ3n) is 2.40. The highest BCUT2D eigenvalue weighted by Gasteiger charge is 2.14. The van der Waals surface area contributed by atoms with E-state index in [2.05, 4.69) is 19.2 Å². The van der Waals surface area contributed by atoms with Crippen molar-refractivity contribution in [2.24, 2.45) is 5.92 Å². The number of nitrogens with one attached hydrogen (secondary N) is 1. The van der Waals surface area contributed by atoms with Crippen molar-refractivity contribution in [1.29, 1.82) is 0 Å². The van der Waals surface area contributed by atoms with Gasteiger partial charge < -0.3 is 14.8 Å². The summed E-state index contributed by atoms with van der Waals surface area (Å²) >= 11 is 0. The lowest BCUT2D eigenvalue weighted by atomic mass is 10.2. The summed E-state index contributed by atoms with van der Waals surface area (Å²) in [4.78, 5) is 10.3. The van der Waals surface area contributed by atoms with Gasteiger partial charge in [-0.2, -0.15) is 0 Å². The zero-order valence-electron chi connectivity index (χ0n) is 11.5. The number of benzene rings is 1. The second-order valence-electron chi connectivity index (χ2n) is 4.54. The molecular weight excluding hydrogens is 248 g/mol. The Morgan fingerprint density at radius 1 is 1.42 bits per heavy atom. The minimum Gasteiger partial charge on any atom is -0.490 e. The van der Waals surface area contributed by atoms with Gasteiger partial charge in [-0.25, -0.2) is 0 Å². The van der Waals surface area contributed by atoms with Gasteiger partial charge in [0.05, 0.1) is 18.6 Å². The first kappa shape index (κ1) is 15.2. The number of nitro benzene ring substituents is 1. The molecule has 0 radical (unpaired) electrons. The fourth-order valence-electron chi connectivity index (χ4n) is 1.52. The minimum absolute atomic E-state index is 0.0379. The van der Waals surface area contributed by atoms with E-state index >= 15 is 0 Å². The molecule has 0 spiro atoms. The Labute approximate surface area is 112 Å². The molecule has 0 fully saturated rings. The van der Waals surface area contributed by atoms with Crippen molar-refractivity contribution in [1.82, 2.24) is 0 Å². The van der Waals surface area contributed by atoms with Crippen molar-refractivity contribution in [3.63, 3.8) is 0 Å². The van der Waals surface area contributed by atoms with Gasteiger partial charge in [0.15, 0.2) is 5.75 Å². The van der Waals surface area contributed by atoms with Crippen LogP contribution < -0.4 is 10.1 Å². The lowest BCUT2D eigenvalue weighted by Gasteiger charge is -2.10. The molecule has 19 heavy (non-hydrogen) atoms. The van der Waals surface area contributed by atoms with Gasteiger partial charge in [0.2, 0.25) is 0 Å². The maximum Gasteiger partial charge on any atom is 0.311 e. The predicted molar refractivity (Wildman–Crippen MR) is 73.8 cm³/mol. The molecule has 0 aliphatic heterocycles. The molecule has 0 saturated carbocycles. The summed E-state index contributed by atoms with van der Waals surface area (Å²) in [6, 6.07) is 4.69. The standard InChI is InChI=1S/C13H20N2O4/c1-10(2)9-19-7-6-14-11-4-5-12(15(16)17)13(8-11)18-3/h4-5,8,10,14H,6-7,9H2,1-3H3. The molecule has 0 unspecified atom stereocenters. The Balaban J connectivity index is 2.49. The van der Waals surface area contributed by atoms with Gasteiger partial charge in [0, 0.05) is 31.0 Å². The number of anilines is 1. The van der Waals surface area contributed by atoms with Crippen molar-refractivity contribution in [2.75, 3.05) is 32.2 Å². The Bertz CT molecular complexity index is 421. The Morgan fingerprint density at radius 2 is 2.16 bits per heavy atom. The smallest absolute Gasteiger partial charge is 0.311 e. The Kier molecular flexibility index (Phi) is 6.08. The number of ether oxygens (including phenoxy) is 2. The van der Waals surface area contributed by atoms with Crippen LogP contribution >= 0.6 is 0 Å². The predicted octanol–water partition coefficient (Wildman–Crippen LogP) is 2.69. The second kappa shape index (κ2) is 7.58. The van der Waals surface area contributed by atoms with E-state index in [1.54, 1.807) is 12.1 Å². The van der Waals surface area contributed by atoms with E-state index in [1.807, 2.05) is 0 Å². The Morgan fingerprint density at radius 3 is 2.74 bits per heavy atom. The zero-order valence-corrected chi connectivity index (χ0v) is 11.5. The lowest BCUT2D eigenvalue weighted by molar-refractivity contribution is -0.385. The molecule has 0 amide bonds. The highest BCUT2D eigenvalue weighted by atomic mass is 16.6. The van der Waals surface area contributed by atoms with Crippen molar-refractivity contribution < 1.29 is 14.4 Å². The van der Waals surface area contributed by atoms with Gasteiger partial charge >= 0.3 is 5.69 Å². The summed E-state index contributed by atoms with van der Waals surface area (Å²) < 4.78 is 10.4. The van der Waals surface area contributed by atoms with Crippen molar-refractivity contribution in [3.8, 4) is 5.75 Å². The zero-order chi connectivity index (χ0) is 14.3. The van der Waals surface area contributed by atoms with Crippen LogP contribution in [0.2, 0.25) is 0 Å². The van der Waals surface area contributed by atoms with Gasteiger partial charge in [-0.15, -0.1) is 0 Å². The van der Waals surface area contributed by atoms with E-state index in [0.717, 1.165) is 12.3 Å². The van der Waals surface area contributed by atoms with Crippen LogP contribution in [-0.4, -0.2) is 31.8 Å². The summed E-state index contributed by atoms with van der Waals surface area (Å²) in [6.07, 6.45) is 0. The van der Waals surface area contributed by atoms with Gasteiger partial charge in [0.25, 0.3) is 0 Å². The second-order valence-corrected chi connectivity index (χ2v) is 4.54. The lowest BCUT2D eigenvalue weighted by Crippen LogP contribution is -2.12. The number of nitro groups is 1. The molecule has 0 aliphatic rings. The van der Waals surface area contributed by atoms with E-state index in [4.69, 9.17) is 9.47 Å². The topological polar surface area (TPSA) is 73.6 Å². The fourth-order valence-corrected chi connectivity index (χ4v) is 1.52. The first-order chi connectivity index (χ1) is 9.04. The third kappa shape index (κ3) is 5.13. The fraction of sp³-hybridized carbons (Fsp3) is 0.538. The molecule has 1 aromatic carbocycles. The van der Waals surface area contributed by atoms with E-state index < -0.39 is 4.92 Å². The summed E-state index contributed by atoms with van der Waals surface area (Å²) in [5.74, 6) is 0.762. The van der Waals surface area contributed by atoms with E-state index in [9.17, 15) is 10.1 Å². The van der Waals surface area contributed by atoms with Gasteiger partial charge in [-0.3, -0.25) is 10.1 Å². The number of rotatable bonds is 8. The maximum atomic E-state index is 10.7. The highest BCUT2D eigenvalue weighted by Crippen LogP contribution is 2.29. The maximum absolute atomic E-state index is 10.7. The molecule has 0 atom stereocenters. The van der Waals surface area contributed by atoms with Crippen molar-refractivity contribution >= 4 is 11.4 Å². The molecule has 1 aromatic rings. The summed E-state index contributed by atoms with van der Waals surface area (Å²) in [5, 5.41) is 13.9. The highest BCUT2D eigenvalue weighted by molar-refractivity contribution is 5.57. The van der Waals surface area contributed by atoms with Crippen LogP contribution in [-0.2, 0) is 4.74 Å². The van der Waals surface area contributed by atoms with Crippen LogP contribution in [0.25, 0.3) is 0 Å². The van der Waals surface area contributed by atoms with Crippen LogP contribution in [0.1, 0.15) is 13.8 Å². The molecule has 1 rings (SSSR count). The molecule has 6 nitrogen and oxygen atoms in total. The van der Waals surface area contributed by atoms with Crippen molar-refractivity contribution in [3.05, 3.63) is 28.3 Å². The third-order valence-corrected chi connectivity index (χ3v) is 2.40. The number of hydrogen-bond donors (Lipinski definition) is 1. The van der Waals surface area contributed by atoms with E-state index in [1.165, 1.54) is 13.2 Å². The molecular formula is C13H20N2O4. The van der Waals surface area contributed by atoms with E-state index in [0.29, 0.717) is 19.1 Å². The summed E-state index contributed by atoms with van der Waals surface area (Å²) in [6.45, 7) is 6.15. The summed E-state index contributed by atoms with van der Waals surface area (Å²) in [5.41, 5.74) is 0.736. The van der Waals surface area contributed by atoms with Crippen LogP contribution in [0.4, 0.5) is 11.4 Å². The SMILES string of the molecule is COc1cc(NCCOCC(C)C)ccc1[N+](=O)[O-]. The van der Waals surface area contributed by atoms with E-state index in [-0.39, 0.29) is 11.4 Å².